The van der Waals surface area contributed by atoms with Gasteiger partial charge >= 0.3 is 5.97 Å². The van der Waals surface area contributed by atoms with Crippen LogP contribution in [0.5, 0.6) is 0 Å². The molecule has 1 aromatic carbocycles. The molecule has 16 heavy (non-hydrogen) atoms. The van der Waals surface area contributed by atoms with E-state index in [2.05, 4.69) is 0 Å². The van der Waals surface area contributed by atoms with Crippen molar-refractivity contribution in [1.82, 2.24) is 4.31 Å². The number of carbonyl (C=O) groups is 1. The number of rotatable bonds is 3. The summed E-state index contributed by atoms with van der Waals surface area (Å²) in [6.07, 6.45) is 0. The molecule has 1 N–H and O–H groups in total. The molecule has 1 saturated heterocycles. The van der Waals surface area contributed by atoms with Crippen LogP contribution in [0.2, 0.25) is 0 Å². The van der Waals surface area contributed by atoms with Gasteiger partial charge in [-0.25, -0.2) is 13.2 Å². The van der Waals surface area contributed by atoms with Gasteiger partial charge in [0.1, 0.15) is 0 Å². The first-order chi connectivity index (χ1) is 7.41. The van der Waals surface area contributed by atoms with E-state index in [1.54, 1.807) is 0 Å². The van der Waals surface area contributed by atoms with E-state index in [1.807, 2.05) is 22.6 Å². The van der Waals surface area contributed by atoms with Crippen molar-refractivity contribution >= 4 is 38.6 Å². The Morgan fingerprint density at radius 3 is 2.44 bits per heavy atom. The molecule has 0 saturated carbocycles. The SMILES string of the molecule is O=C(O)c1cc(I)cc(S(=O)(=O)N2CC2)c1. The minimum absolute atomic E-state index is 0.00711. The van der Waals surface area contributed by atoms with Gasteiger partial charge in [-0.2, -0.15) is 4.31 Å². The second-order valence-corrected chi connectivity index (χ2v) is 6.57. The predicted molar refractivity (Wildman–Crippen MR) is 64.9 cm³/mol. The Bertz CT molecular complexity index is 551. The molecule has 86 valence electrons. The van der Waals surface area contributed by atoms with Crippen LogP contribution in [0, 0.1) is 3.57 Å². The largest absolute Gasteiger partial charge is 0.478 e. The van der Waals surface area contributed by atoms with Crippen molar-refractivity contribution < 1.29 is 18.3 Å². The smallest absolute Gasteiger partial charge is 0.335 e. The molecule has 0 amide bonds. The van der Waals surface area contributed by atoms with Gasteiger partial charge in [-0.1, -0.05) is 0 Å². The van der Waals surface area contributed by atoms with Gasteiger partial charge in [0, 0.05) is 16.7 Å². The number of aromatic carboxylic acids is 1. The zero-order valence-corrected chi connectivity index (χ0v) is 11.0. The van der Waals surface area contributed by atoms with Crippen LogP contribution in [0.15, 0.2) is 23.1 Å². The lowest BCUT2D eigenvalue weighted by Crippen LogP contribution is -2.13. The zero-order valence-electron chi connectivity index (χ0n) is 8.05. The van der Waals surface area contributed by atoms with Crippen LogP contribution in [0.25, 0.3) is 0 Å². The van der Waals surface area contributed by atoms with Crippen molar-refractivity contribution in [2.45, 2.75) is 4.90 Å². The molecule has 1 aromatic rings. The lowest BCUT2D eigenvalue weighted by atomic mass is 10.2. The van der Waals surface area contributed by atoms with Gasteiger partial charge < -0.3 is 5.11 Å². The number of halogens is 1. The molecule has 0 radical (unpaired) electrons. The first-order valence-corrected chi connectivity index (χ1v) is 6.97. The third-order valence-corrected chi connectivity index (χ3v) is 4.66. The summed E-state index contributed by atoms with van der Waals surface area (Å²) in [6.45, 7) is 1.02. The lowest BCUT2D eigenvalue weighted by molar-refractivity contribution is 0.0696. The molecule has 0 unspecified atom stereocenters. The monoisotopic (exact) mass is 353 g/mol. The van der Waals surface area contributed by atoms with Crippen molar-refractivity contribution in [2.75, 3.05) is 13.1 Å². The molecule has 0 aromatic heterocycles. The summed E-state index contributed by atoms with van der Waals surface area (Å²) >= 11 is 1.90. The number of carboxylic acid groups (broad SMARTS) is 1. The number of carboxylic acids is 1. The van der Waals surface area contributed by atoms with Gasteiger partial charge in [-0.15, -0.1) is 0 Å². The van der Waals surface area contributed by atoms with Gasteiger partial charge in [0.25, 0.3) is 0 Å². The maximum Gasteiger partial charge on any atom is 0.335 e. The maximum atomic E-state index is 11.9. The molecule has 0 spiro atoms. The molecule has 0 atom stereocenters. The van der Waals surface area contributed by atoms with E-state index in [0.29, 0.717) is 16.7 Å². The number of benzene rings is 1. The summed E-state index contributed by atoms with van der Waals surface area (Å²) in [6, 6.07) is 4.10. The second-order valence-electron chi connectivity index (χ2n) is 3.38. The molecule has 2 rings (SSSR count). The predicted octanol–water partition coefficient (Wildman–Crippen LogP) is 0.994. The van der Waals surface area contributed by atoms with E-state index in [0.717, 1.165) is 0 Å². The highest BCUT2D eigenvalue weighted by Gasteiger charge is 2.33. The van der Waals surface area contributed by atoms with E-state index in [1.165, 1.54) is 22.5 Å². The quantitative estimate of drug-likeness (QED) is 0.650. The summed E-state index contributed by atoms with van der Waals surface area (Å²) in [5, 5.41) is 8.84. The fraction of sp³-hybridized carbons (Fsp3) is 0.222. The van der Waals surface area contributed by atoms with Gasteiger partial charge in [0.2, 0.25) is 10.0 Å². The normalized spacial score (nSPS) is 16.1. The van der Waals surface area contributed by atoms with Crippen LogP contribution in [0.1, 0.15) is 10.4 Å². The summed E-state index contributed by atoms with van der Waals surface area (Å²) < 4.78 is 25.6. The van der Waals surface area contributed by atoms with E-state index in [9.17, 15) is 13.2 Å². The Kier molecular flexibility index (Phi) is 2.93. The fourth-order valence-corrected chi connectivity index (χ4v) is 3.56. The average molecular weight is 353 g/mol. The molecule has 5 nitrogen and oxygen atoms in total. The minimum atomic E-state index is -3.48. The molecule has 0 aliphatic carbocycles. The first-order valence-electron chi connectivity index (χ1n) is 4.45. The zero-order chi connectivity index (χ0) is 11.9. The second kappa shape index (κ2) is 3.97. The van der Waals surface area contributed by atoms with Crippen molar-refractivity contribution in [2.24, 2.45) is 0 Å². The highest BCUT2D eigenvalue weighted by Crippen LogP contribution is 2.24. The van der Waals surface area contributed by atoms with Crippen LogP contribution < -0.4 is 0 Å². The van der Waals surface area contributed by atoms with E-state index in [4.69, 9.17) is 5.11 Å². The number of nitrogens with zero attached hydrogens (tertiary/aromatic N) is 1. The van der Waals surface area contributed by atoms with Crippen LogP contribution in [0.4, 0.5) is 0 Å². The van der Waals surface area contributed by atoms with E-state index < -0.39 is 16.0 Å². The third-order valence-electron chi connectivity index (χ3n) is 2.16. The van der Waals surface area contributed by atoms with Gasteiger partial charge in [-0.3, -0.25) is 0 Å². The number of hydrogen-bond donors (Lipinski definition) is 1. The Labute approximate surface area is 106 Å². The molecular formula is C9H8INO4S. The lowest BCUT2D eigenvalue weighted by Gasteiger charge is -2.06. The number of sulfonamides is 1. The Balaban J connectivity index is 2.53. The summed E-state index contributed by atoms with van der Waals surface area (Å²) in [7, 11) is -3.48. The van der Waals surface area contributed by atoms with Crippen LogP contribution >= 0.6 is 22.6 Å². The van der Waals surface area contributed by atoms with Crippen LogP contribution in [-0.2, 0) is 10.0 Å². The Morgan fingerprint density at radius 1 is 1.31 bits per heavy atom. The first kappa shape index (κ1) is 11.8. The van der Waals surface area contributed by atoms with E-state index >= 15 is 0 Å². The highest BCUT2D eigenvalue weighted by atomic mass is 127. The van der Waals surface area contributed by atoms with Crippen molar-refractivity contribution in [3.8, 4) is 0 Å². The Hall–Kier alpha value is -0.670. The standard InChI is InChI=1S/C9H8INO4S/c10-7-3-6(9(12)13)4-8(5-7)16(14,15)11-1-2-11/h3-5H,1-2H2,(H,12,13). The fourth-order valence-electron chi connectivity index (χ4n) is 1.27. The van der Waals surface area contributed by atoms with Crippen molar-refractivity contribution in [1.29, 1.82) is 0 Å². The molecule has 0 bridgehead atoms. The number of hydrogen-bond acceptors (Lipinski definition) is 3. The molecule has 1 fully saturated rings. The minimum Gasteiger partial charge on any atom is -0.478 e. The summed E-state index contributed by atoms with van der Waals surface area (Å²) in [4.78, 5) is 10.9. The van der Waals surface area contributed by atoms with Crippen molar-refractivity contribution in [3.05, 3.63) is 27.3 Å². The molecule has 1 aliphatic rings. The molecule has 1 heterocycles. The molecule has 7 heteroatoms. The van der Waals surface area contributed by atoms with Gasteiger partial charge in [0.15, 0.2) is 0 Å². The van der Waals surface area contributed by atoms with Crippen molar-refractivity contribution in [3.63, 3.8) is 0 Å². The van der Waals surface area contributed by atoms with E-state index in [-0.39, 0.29) is 10.5 Å². The average Bonchev–Trinajstić information content (AvgIpc) is 2.99. The molecular weight excluding hydrogens is 345 g/mol. The topological polar surface area (TPSA) is 74.5 Å². The third kappa shape index (κ3) is 2.20. The van der Waals surface area contributed by atoms with Crippen LogP contribution in [-0.4, -0.2) is 36.9 Å². The summed E-state index contributed by atoms with van der Waals surface area (Å²) in [5.41, 5.74) is -0.00711. The Morgan fingerprint density at radius 2 is 1.94 bits per heavy atom. The summed E-state index contributed by atoms with van der Waals surface area (Å²) in [5.74, 6) is -1.12. The molecule has 1 aliphatic heterocycles. The maximum absolute atomic E-state index is 11.9. The van der Waals surface area contributed by atoms with Gasteiger partial charge in [0.05, 0.1) is 10.5 Å². The highest BCUT2D eigenvalue weighted by molar-refractivity contribution is 14.1. The van der Waals surface area contributed by atoms with Gasteiger partial charge in [-0.05, 0) is 40.8 Å². The van der Waals surface area contributed by atoms with Crippen LogP contribution in [0.3, 0.4) is 0 Å².